The Morgan fingerprint density at radius 3 is 2.40 bits per heavy atom. The minimum Gasteiger partial charge on any atom is -0.457 e. The van der Waals surface area contributed by atoms with Gasteiger partial charge < -0.3 is 9.53 Å². The van der Waals surface area contributed by atoms with Crippen LogP contribution in [0.15, 0.2) is 42.5 Å². The highest BCUT2D eigenvalue weighted by atomic mass is 35.5. The molecule has 0 aliphatic carbocycles. The molecule has 4 heteroatoms. The van der Waals surface area contributed by atoms with Gasteiger partial charge in [0.05, 0.1) is 11.6 Å². The summed E-state index contributed by atoms with van der Waals surface area (Å²) in [6.45, 7) is 1.79. The van der Waals surface area contributed by atoms with Crippen molar-refractivity contribution in [1.82, 2.24) is 0 Å². The number of nitrogens with zero attached hydrogens (tertiary/aromatic N) is 1. The Morgan fingerprint density at radius 1 is 1.20 bits per heavy atom. The smallest absolute Gasteiger partial charge is 0.128 e. The molecule has 0 bridgehead atoms. The minimum atomic E-state index is -0.244. The van der Waals surface area contributed by atoms with Crippen LogP contribution in [0.1, 0.15) is 24.0 Å². The second-order valence-corrected chi connectivity index (χ2v) is 4.75. The fourth-order valence-electron chi connectivity index (χ4n) is 1.75. The van der Waals surface area contributed by atoms with E-state index < -0.39 is 0 Å². The van der Waals surface area contributed by atoms with Crippen molar-refractivity contribution in [2.45, 2.75) is 12.8 Å². The lowest BCUT2D eigenvalue weighted by molar-refractivity contribution is -0.108. The van der Waals surface area contributed by atoms with E-state index in [0.717, 1.165) is 11.8 Å². The average Bonchev–Trinajstić information content (AvgIpc) is 2.47. The summed E-state index contributed by atoms with van der Waals surface area (Å²) >= 11 is 6.13. The molecule has 0 aromatic heterocycles. The summed E-state index contributed by atoms with van der Waals surface area (Å²) in [6, 6.07) is 14.1. The number of hydrogen-bond donors (Lipinski definition) is 0. The Balaban J connectivity index is 2.19. The molecule has 2 rings (SSSR count). The highest BCUT2D eigenvalue weighted by Gasteiger charge is 2.10. The maximum absolute atomic E-state index is 10.8. The Labute approximate surface area is 122 Å². The molecule has 3 nitrogen and oxygen atoms in total. The first-order chi connectivity index (χ1) is 9.63. The number of halogens is 1. The SMILES string of the molecule is CC(C=O)c1ccc(Oc2ccc(C#N)cc2)cc1Cl. The first kappa shape index (κ1) is 14.1. The van der Waals surface area contributed by atoms with E-state index in [9.17, 15) is 4.79 Å². The van der Waals surface area contributed by atoms with Crippen LogP contribution in [0.5, 0.6) is 11.5 Å². The molecule has 0 spiro atoms. The molecule has 1 unspecified atom stereocenters. The summed E-state index contributed by atoms with van der Waals surface area (Å²) in [5.74, 6) is 0.962. The van der Waals surface area contributed by atoms with Gasteiger partial charge in [-0.3, -0.25) is 0 Å². The van der Waals surface area contributed by atoms with E-state index in [-0.39, 0.29) is 5.92 Å². The molecule has 1 atom stereocenters. The highest BCUT2D eigenvalue weighted by molar-refractivity contribution is 6.31. The molecular formula is C16H12ClNO2. The number of aldehydes is 1. The predicted molar refractivity (Wildman–Crippen MR) is 77.2 cm³/mol. The Morgan fingerprint density at radius 2 is 1.85 bits per heavy atom. The van der Waals surface area contributed by atoms with Crippen LogP contribution in [0.3, 0.4) is 0 Å². The molecule has 0 saturated heterocycles. The third-order valence-electron chi connectivity index (χ3n) is 2.89. The van der Waals surface area contributed by atoms with Gasteiger partial charge in [0.15, 0.2) is 0 Å². The number of carbonyl (C=O) groups excluding carboxylic acids is 1. The standard InChI is InChI=1S/C16H12ClNO2/c1-11(10-19)15-7-6-14(8-16(15)17)20-13-4-2-12(9-18)3-5-13/h2-8,10-11H,1H3. The topological polar surface area (TPSA) is 50.1 Å². The quantitative estimate of drug-likeness (QED) is 0.787. The molecule has 100 valence electrons. The van der Waals surface area contributed by atoms with E-state index in [0.29, 0.717) is 22.1 Å². The molecule has 20 heavy (non-hydrogen) atoms. The van der Waals surface area contributed by atoms with Crippen molar-refractivity contribution in [1.29, 1.82) is 5.26 Å². The molecular weight excluding hydrogens is 274 g/mol. The minimum absolute atomic E-state index is 0.244. The summed E-state index contributed by atoms with van der Waals surface area (Å²) in [5.41, 5.74) is 1.35. The summed E-state index contributed by atoms with van der Waals surface area (Å²) < 4.78 is 5.64. The van der Waals surface area contributed by atoms with Crippen molar-refractivity contribution in [3.05, 3.63) is 58.6 Å². The summed E-state index contributed by atoms with van der Waals surface area (Å²) in [7, 11) is 0. The molecule has 0 amide bonds. The van der Waals surface area contributed by atoms with Gasteiger partial charge in [0, 0.05) is 10.9 Å². The molecule has 0 aliphatic heterocycles. The molecule has 2 aromatic rings. The number of benzene rings is 2. The zero-order chi connectivity index (χ0) is 14.5. The molecule has 0 N–H and O–H groups in total. The lowest BCUT2D eigenvalue weighted by atomic mass is 10.0. The predicted octanol–water partition coefficient (Wildman–Crippen LogP) is 4.31. The summed E-state index contributed by atoms with van der Waals surface area (Å²) in [4.78, 5) is 10.8. The van der Waals surface area contributed by atoms with Crippen LogP contribution in [0.4, 0.5) is 0 Å². The lowest BCUT2D eigenvalue weighted by Gasteiger charge is -2.10. The third kappa shape index (κ3) is 3.17. The fourth-order valence-corrected chi connectivity index (χ4v) is 2.09. The molecule has 0 radical (unpaired) electrons. The van der Waals surface area contributed by atoms with Gasteiger partial charge in [-0.25, -0.2) is 0 Å². The van der Waals surface area contributed by atoms with Crippen LogP contribution in [0.2, 0.25) is 5.02 Å². The Bertz CT molecular complexity index is 659. The normalized spacial score (nSPS) is 11.4. The van der Waals surface area contributed by atoms with Crippen molar-refractivity contribution >= 4 is 17.9 Å². The van der Waals surface area contributed by atoms with E-state index in [2.05, 4.69) is 0 Å². The van der Waals surface area contributed by atoms with E-state index in [1.165, 1.54) is 0 Å². The molecule has 0 saturated carbocycles. The van der Waals surface area contributed by atoms with E-state index in [4.69, 9.17) is 21.6 Å². The summed E-state index contributed by atoms with van der Waals surface area (Å²) in [6.07, 6.45) is 0.850. The fraction of sp³-hybridized carbons (Fsp3) is 0.125. The number of carbonyl (C=O) groups is 1. The second kappa shape index (κ2) is 6.23. The van der Waals surface area contributed by atoms with Gasteiger partial charge in [-0.1, -0.05) is 24.6 Å². The van der Waals surface area contributed by atoms with Crippen LogP contribution in [0.25, 0.3) is 0 Å². The number of hydrogen-bond acceptors (Lipinski definition) is 3. The van der Waals surface area contributed by atoms with Crippen LogP contribution in [0, 0.1) is 11.3 Å². The van der Waals surface area contributed by atoms with Gasteiger partial charge >= 0.3 is 0 Å². The summed E-state index contributed by atoms with van der Waals surface area (Å²) in [5, 5.41) is 9.22. The lowest BCUT2D eigenvalue weighted by Crippen LogP contribution is -1.95. The van der Waals surface area contributed by atoms with Crippen LogP contribution in [-0.4, -0.2) is 6.29 Å². The Kier molecular flexibility index (Phi) is 4.39. The van der Waals surface area contributed by atoms with Crippen LogP contribution in [-0.2, 0) is 4.79 Å². The van der Waals surface area contributed by atoms with Gasteiger partial charge in [0.2, 0.25) is 0 Å². The first-order valence-corrected chi connectivity index (χ1v) is 6.44. The van der Waals surface area contributed by atoms with Gasteiger partial charge in [-0.2, -0.15) is 5.26 Å². The van der Waals surface area contributed by atoms with Gasteiger partial charge in [-0.05, 0) is 42.0 Å². The van der Waals surface area contributed by atoms with E-state index >= 15 is 0 Å². The van der Waals surface area contributed by atoms with Gasteiger partial charge in [-0.15, -0.1) is 0 Å². The third-order valence-corrected chi connectivity index (χ3v) is 3.21. The maximum Gasteiger partial charge on any atom is 0.128 e. The van der Waals surface area contributed by atoms with Crippen molar-refractivity contribution in [3.8, 4) is 17.6 Å². The molecule has 0 heterocycles. The number of rotatable bonds is 4. The van der Waals surface area contributed by atoms with Crippen molar-refractivity contribution in [2.24, 2.45) is 0 Å². The van der Waals surface area contributed by atoms with E-state index in [1.54, 1.807) is 49.4 Å². The zero-order valence-corrected chi connectivity index (χ0v) is 11.6. The van der Waals surface area contributed by atoms with Crippen molar-refractivity contribution in [3.63, 3.8) is 0 Å². The molecule has 2 aromatic carbocycles. The average molecular weight is 286 g/mol. The maximum atomic E-state index is 10.8. The second-order valence-electron chi connectivity index (χ2n) is 4.35. The van der Waals surface area contributed by atoms with Crippen molar-refractivity contribution in [2.75, 3.05) is 0 Å². The highest BCUT2D eigenvalue weighted by Crippen LogP contribution is 2.30. The molecule has 0 aliphatic rings. The van der Waals surface area contributed by atoms with E-state index in [1.807, 2.05) is 6.07 Å². The zero-order valence-electron chi connectivity index (χ0n) is 10.8. The van der Waals surface area contributed by atoms with Crippen LogP contribution >= 0.6 is 11.6 Å². The monoisotopic (exact) mass is 285 g/mol. The van der Waals surface area contributed by atoms with Crippen LogP contribution < -0.4 is 4.74 Å². The number of ether oxygens (including phenoxy) is 1. The van der Waals surface area contributed by atoms with Crippen molar-refractivity contribution < 1.29 is 9.53 Å². The van der Waals surface area contributed by atoms with Gasteiger partial charge in [0.1, 0.15) is 17.8 Å². The first-order valence-electron chi connectivity index (χ1n) is 6.07. The number of nitriles is 1. The molecule has 0 fully saturated rings. The van der Waals surface area contributed by atoms with Gasteiger partial charge in [0.25, 0.3) is 0 Å². The Hall–Kier alpha value is -2.31. The largest absolute Gasteiger partial charge is 0.457 e.